The van der Waals surface area contributed by atoms with Crippen molar-refractivity contribution >= 4 is 17.5 Å². The molecule has 5 nitrogen and oxygen atoms in total. The number of amides is 2. The van der Waals surface area contributed by atoms with Crippen LogP contribution in [0.5, 0.6) is 5.75 Å². The maximum absolute atomic E-state index is 13.3. The fourth-order valence-corrected chi connectivity index (χ4v) is 4.63. The van der Waals surface area contributed by atoms with Gasteiger partial charge in [0.15, 0.2) is 6.10 Å². The van der Waals surface area contributed by atoms with Gasteiger partial charge in [-0.3, -0.25) is 9.59 Å². The number of hydrogen-bond donors (Lipinski definition) is 1. The molecule has 4 rings (SSSR count). The minimum Gasteiger partial charge on any atom is -0.481 e. The maximum atomic E-state index is 13.3. The van der Waals surface area contributed by atoms with Crippen molar-refractivity contribution in [2.24, 2.45) is 5.41 Å². The van der Waals surface area contributed by atoms with Crippen molar-refractivity contribution in [3.05, 3.63) is 59.2 Å². The van der Waals surface area contributed by atoms with E-state index in [2.05, 4.69) is 29.6 Å². The van der Waals surface area contributed by atoms with Gasteiger partial charge in [0.05, 0.1) is 12.6 Å². The van der Waals surface area contributed by atoms with Gasteiger partial charge < -0.3 is 15.0 Å². The van der Waals surface area contributed by atoms with E-state index >= 15 is 0 Å². The molecule has 31 heavy (non-hydrogen) atoms. The van der Waals surface area contributed by atoms with Gasteiger partial charge >= 0.3 is 0 Å². The molecule has 0 fully saturated rings. The Balaban J connectivity index is 1.62. The van der Waals surface area contributed by atoms with Crippen molar-refractivity contribution in [1.29, 1.82) is 0 Å². The van der Waals surface area contributed by atoms with Gasteiger partial charge in [0, 0.05) is 17.7 Å². The van der Waals surface area contributed by atoms with Crippen molar-refractivity contribution in [2.75, 3.05) is 5.32 Å². The summed E-state index contributed by atoms with van der Waals surface area (Å²) in [4.78, 5) is 27.7. The molecule has 1 aliphatic heterocycles. The van der Waals surface area contributed by atoms with E-state index < -0.39 is 6.10 Å². The Hall–Kier alpha value is -2.82. The third kappa shape index (κ3) is 4.76. The number of carbonyl (C=O) groups is 2. The molecule has 2 aliphatic rings. The van der Waals surface area contributed by atoms with E-state index in [0.717, 1.165) is 30.5 Å². The molecule has 1 heterocycles. The van der Waals surface area contributed by atoms with Gasteiger partial charge in [-0.1, -0.05) is 45.0 Å². The Morgan fingerprint density at radius 2 is 1.94 bits per heavy atom. The number of carbonyl (C=O) groups excluding carboxylic acids is 2. The molecule has 2 aromatic rings. The van der Waals surface area contributed by atoms with Gasteiger partial charge in [-0.25, -0.2) is 0 Å². The summed E-state index contributed by atoms with van der Waals surface area (Å²) in [5, 5.41) is 3.00. The normalized spacial score (nSPS) is 20.9. The highest BCUT2D eigenvalue weighted by Gasteiger charge is 2.35. The Labute approximate surface area is 184 Å². The van der Waals surface area contributed by atoms with Crippen LogP contribution in [-0.2, 0) is 22.6 Å². The van der Waals surface area contributed by atoms with Crippen LogP contribution >= 0.6 is 0 Å². The number of nitrogens with zero attached hydrogens (tertiary/aromatic N) is 1. The molecule has 0 saturated carbocycles. The fraction of sp³-hybridized carbons (Fsp3) is 0.462. The van der Waals surface area contributed by atoms with E-state index in [9.17, 15) is 9.59 Å². The summed E-state index contributed by atoms with van der Waals surface area (Å²) in [5.74, 6) is 0.710. The zero-order valence-electron chi connectivity index (χ0n) is 18.9. The number of fused-ring (bicyclic) bond motifs is 2. The summed E-state index contributed by atoms with van der Waals surface area (Å²) in [5.41, 5.74) is 4.16. The highest BCUT2D eigenvalue weighted by molar-refractivity contribution is 5.91. The smallest absolute Gasteiger partial charge is 0.264 e. The Kier molecular flexibility index (Phi) is 5.78. The van der Waals surface area contributed by atoms with E-state index in [1.807, 2.05) is 50.8 Å². The van der Waals surface area contributed by atoms with Crippen LogP contribution in [0.2, 0.25) is 0 Å². The molecular weight excluding hydrogens is 388 g/mol. The van der Waals surface area contributed by atoms with Gasteiger partial charge in [-0.2, -0.15) is 0 Å². The van der Waals surface area contributed by atoms with E-state index in [4.69, 9.17) is 4.74 Å². The molecule has 2 aromatic carbocycles. The average molecular weight is 421 g/mol. The summed E-state index contributed by atoms with van der Waals surface area (Å²) in [6.07, 6.45) is 2.97. The summed E-state index contributed by atoms with van der Waals surface area (Å²) in [6.45, 7) is 8.43. The first-order valence-electron chi connectivity index (χ1n) is 11.2. The largest absolute Gasteiger partial charge is 0.481 e. The van der Waals surface area contributed by atoms with Crippen molar-refractivity contribution in [1.82, 2.24) is 4.90 Å². The topological polar surface area (TPSA) is 58.6 Å². The molecular formula is C26H32N2O3. The Bertz CT molecular complexity index is 992. The quantitative estimate of drug-likeness (QED) is 0.738. The summed E-state index contributed by atoms with van der Waals surface area (Å²) in [7, 11) is 0. The molecule has 1 aliphatic carbocycles. The molecule has 0 aromatic heterocycles. The van der Waals surface area contributed by atoms with Crippen molar-refractivity contribution < 1.29 is 14.3 Å². The van der Waals surface area contributed by atoms with Gasteiger partial charge in [0.2, 0.25) is 5.91 Å². The van der Waals surface area contributed by atoms with Crippen LogP contribution in [0.1, 0.15) is 69.7 Å². The summed E-state index contributed by atoms with van der Waals surface area (Å²) < 4.78 is 6.01. The van der Waals surface area contributed by atoms with Gasteiger partial charge in [0.25, 0.3) is 5.91 Å². The zero-order chi connectivity index (χ0) is 22.2. The van der Waals surface area contributed by atoms with Crippen molar-refractivity contribution in [3.8, 4) is 5.75 Å². The van der Waals surface area contributed by atoms with Crippen molar-refractivity contribution in [3.63, 3.8) is 0 Å². The number of benzene rings is 2. The van der Waals surface area contributed by atoms with Crippen LogP contribution in [0, 0.1) is 5.41 Å². The van der Waals surface area contributed by atoms with E-state index in [1.165, 1.54) is 11.1 Å². The minimum atomic E-state index is -0.545. The lowest BCUT2D eigenvalue weighted by Gasteiger charge is -2.35. The predicted octanol–water partition coefficient (Wildman–Crippen LogP) is 5.25. The molecule has 0 spiro atoms. The predicted molar refractivity (Wildman–Crippen MR) is 122 cm³/mol. The average Bonchev–Trinajstić information content (AvgIpc) is 2.82. The second-order valence-corrected chi connectivity index (χ2v) is 9.94. The third-order valence-corrected chi connectivity index (χ3v) is 6.02. The fourth-order valence-electron chi connectivity index (χ4n) is 4.63. The highest BCUT2D eigenvalue weighted by atomic mass is 16.5. The lowest BCUT2D eigenvalue weighted by molar-refractivity contribution is -0.140. The number of aryl methyl sites for hydroxylation is 1. The Morgan fingerprint density at radius 1 is 1.16 bits per heavy atom. The molecule has 0 unspecified atom stereocenters. The number of rotatable bonds is 3. The van der Waals surface area contributed by atoms with E-state index in [1.54, 1.807) is 0 Å². The third-order valence-electron chi connectivity index (χ3n) is 6.02. The monoisotopic (exact) mass is 420 g/mol. The summed E-state index contributed by atoms with van der Waals surface area (Å²) in [6, 6.07) is 14.1. The van der Waals surface area contributed by atoms with Gasteiger partial charge in [-0.15, -0.1) is 0 Å². The molecule has 1 N–H and O–H groups in total. The SMILES string of the molecule is C[C@H]1Oc2ccc(NC(=O)CC(C)(C)C)cc2CN([C@H]2CCCc3ccccc32)C1=O. The van der Waals surface area contributed by atoms with Crippen LogP contribution in [0.3, 0.4) is 0 Å². The standard InChI is InChI=1S/C26H32N2O3/c1-17-25(30)28(22-11-7-9-18-8-5-6-10-21(18)22)16-19-14-20(12-13-23(19)31-17)27-24(29)15-26(2,3)4/h5-6,8,10,12-14,17,22H,7,9,11,15-16H2,1-4H3,(H,27,29)/t17-,22+/m1/s1. The van der Waals surface area contributed by atoms with Crippen LogP contribution in [0.4, 0.5) is 5.69 Å². The Morgan fingerprint density at radius 3 is 2.71 bits per heavy atom. The van der Waals surface area contributed by atoms with Crippen LogP contribution in [-0.4, -0.2) is 22.8 Å². The van der Waals surface area contributed by atoms with Crippen LogP contribution < -0.4 is 10.1 Å². The molecule has 2 atom stereocenters. The molecule has 0 saturated heterocycles. The lowest BCUT2D eigenvalue weighted by atomic mass is 9.86. The van der Waals surface area contributed by atoms with Gasteiger partial charge in [-0.05, 0) is 60.9 Å². The molecule has 2 amide bonds. The second-order valence-electron chi connectivity index (χ2n) is 9.94. The minimum absolute atomic E-state index is 0.00972. The molecule has 0 bridgehead atoms. The highest BCUT2D eigenvalue weighted by Crippen LogP contribution is 2.38. The van der Waals surface area contributed by atoms with Crippen molar-refractivity contribution in [2.45, 2.75) is 72.1 Å². The van der Waals surface area contributed by atoms with Gasteiger partial charge in [0.1, 0.15) is 5.75 Å². The molecule has 5 heteroatoms. The first kappa shape index (κ1) is 21.4. The number of nitrogens with one attached hydrogen (secondary N) is 1. The number of hydrogen-bond acceptors (Lipinski definition) is 3. The molecule has 0 radical (unpaired) electrons. The number of anilines is 1. The van der Waals surface area contributed by atoms with Crippen LogP contribution in [0.15, 0.2) is 42.5 Å². The first-order chi connectivity index (χ1) is 14.7. The maximum Gasteiger partial charge on any atom is 0.264 e. The lowest BCUT2D eigenvalue weighted by Crippen LogP contribution is -2.41. The van der Waals surface area contributed by atoms with E-state index in [0.29, 0.717) is 18.7 Å². The second kappa shape index (κ2) is 8.37. The van der Waals surface area contributed by atoms with Crippen LogP contribution in [0.25, 0.3) is 0 Å². The first-order valence-corrected chi connectivity index (χ1v) is 11.2. The zero-order valence-corrected chi connectivity index (χ0v) is 18.9. The molecule has 164 valence electrons. The number of ether oxygens (including phenoxy) is 1. The summed E-state index contributed by atoms with van der Waals surface area (Å²) >= 11 is 0. The van der Waals surface area contributed by atoms with E-state index in [-0.39, 0.29) is 23.3 Å².